The van der Waals surface area contributed by atoms with Crippen LogP contribution in [0.1, 0.15) is 20.3 Å². The van der Waals surface area contributed by atoms with Crippen molar-refractivity contribution >= 4 is 21.6 Å². The molecule has 1 aromatic heterocycles. The maximum absolute atomic E-state index is 12.0. The van der Waals surface area contributed by atoms with Crippen molar-refractivity contribution < 1.29 is 8.42 Å². The standard InChI is InChI=1S/C10H16ClN3O2S/c1-10(2)8(11)4-9(10)13-17(15,16)7-5-12-14(3)6-7/h5-6,8-9,13H,4H2,1-3H3. The quantitative estimate of drug-likeness (QED) is 0.842. The second-order valence-electron chi connectivity index (χ2n) is 5.05. The third-order valence-electron chi connectivity index (χ3n) is 3.44. The fraction of sp³-hybridized carbons (Fsp3) is 0.700. The van der Waals surface area contributed by atoms with Gasteiger partial charge in [-0.3, -0.25) is 4.68 Å². The summed E-state index contributed by atoms with van der Waals surface area (Å²) in [5.41, 5.74) is -0.211. The second kappa shape index (κ2) is 3.96. The number of aryl methyl sites for hydroxylation is 1. The van der Waals surface area contributed by atoms with E-state index in [1.54, 1.807) is 7.05 Å². The Morgan fingerprint density at radius 3 is 2.65 bits per heavy atom. The molecule has 17 heavy (non-hydrogen) atoms. The summed E-state index contributed by atoms with van der Waals surface area (Å²) in [6.45, 7) is 3.93. The third kappa shape index (κ3) is 2.21. The first-order valence-electron chi connectivity index (χ1n) is 5.38. The van der Waals surface area contributed by atoms with Crippen LogP contribution in [0.4, 0.5) is 0 Å². The number of alkyl halides is 1. The molecule has 1 aliphatic carbocycles. The van der Waals surface area contributed by atoms with Crippen LogP contribution < -0.4 is 4.72 Å². The normalized spacial score (nSPS) is 27.8. The average molecular weight is 278 g/mol. The van der Waals surface area contributed by atoms with Crippen LogP contribution in [0.3, 0.4) is 0 Å². The Kier molecular flexibility index (Phi) is 3.00. The molecule has 1 aliphatic rings. The number of hydrogen-bond acceptors (Lipinski definition) is 3. The van der Waals surface area contributed by atoms with Crippen LogP contribution >= 0.6 is 11.6 Å². The van der Waals surface area contributed by atoms with Crippen LogP contribution in [-0.4, -0.2) is 29.6 Å². The minimum atomic E-state index is -3.49. The number of nitrogens with one attached hydrogen (secondary N) is 1. The van der Waals surface area contributed by atoms with Crippen LogP contribution in [0.25, 0.3) is 0 Å². The molecule has 0 aromatic carbocycles. The summed E-state index contributed by atoms with van der Waals surface area (Å²) in [7, 11) is -1.80. The predicted octanol–water partition coefficient (Wildman–Crippen LogP) is 1.10. The maximum atomic E-state index is 12.0. The zero-order valence-corrected chi connectivity index (χ0v) is 11.6. The Morgan fingerprint density at radius 1 is 1.59 bits per heavy atom. The highest BCUT2D eigenvalue weighted by Gasteiger charge is 2.48. The van der Waals surface area contributed by atoms with Crippen LogP contribution in [0.5, 0.6) is 0 Å². The lowest BCUT2D eigenvalue weighted by Crippen LogP contribution is -2.59. The summed E-state index contributed by atoms with van der Waals surface area (Å²) in [6, 6.07) is -0.116. The molecule has 1 N–H and O–H groups in total. The van der Waals surface area contributed by atoms with Crippen molar-refractivity contribution in [1.82, 2.24) is 14.5 Å². The highest BCUT2D eigenvalue weighted by Crippen LogP contribution is 2.44. The summed E-state index contributed by atoms with van der Waals surface area (Å²) in [5, 5.41) is 3.87. The molecule has 0 amide bonds. The first-order valence-corrected chi connectivity index (χ1v) is 7.30. The molecule has 96 valence electrons. The van der Waals surface area contributed by atoms with Crippen molar-refractivity contribution in [3.05, 3.63) is 12.4 Å². The van der Waals surface area contributed by atoms with Crippen LogP contribution in [0, 0.1) is 5.41 Å². The van der Waals surface area contributed by atoms with Gasteiger partial charge in [0.25, 0.3) is 0 Å². The second-order valence-corrected chi connectivity index (χ2v) is 7.29. The SMILES string of the molecule is Cn1cc(S(=O)(=O)NC2CC(Cl)C2(C)C)cn1. The lowest BCUT2D eigenvalue weighted by molar-refractivity contribution is 0.137. The van der Waals surface area contributed by atoms with E-state index in [1.807, 2.05) is 13.8 Å². The van der Waals surface area contributed by atoms with Gasteiger partial charge in [-0.05, 0) is 11.8 Å². The first-order chi connectivity index (χ1) is 7.73. The number of rotatable bonds is 3. The molecule has 0 saturated heterocycles. The van der Waals surface area contributed by atoms with E-state index < -0.39 is 10.0 Å². The van der Waals surface area contributed by atoms with Crippen LogP contribution in [0.2, 0.25) is 0 Å². The molecule has 1 aromatic rings. The summed E-state index contributed by atoms with van der Waals surface area (Å²) in [6.07, 6.45) is 3.48. The third-order valence-corrected chi connectivity index (χ3v) is 5.60. The van der Waals surface area contributed by atoms with Crippen molar-refractivity contribution in [2.24, 2.45) is 12.5 Å². The molecule has 0 bridgehead atoms. The van der Waals surface area contributed by atoms with Gasteiger partial charge in [0.05, 0.1) is 6.20 Å². The van der Waals surface area contributed by atoms with Crippen molar-refractivity contribution in [3.63, 3.8) is 0 Å². The maximum Gasteiger partial charge on any atom is 0.243 e. The smallest absolute Gasteiger partial charge is 0.243 e. The molecule has 1 heterocycles. The Balaban J connectivity index is 2.15. The van der Waals surface area contributed by atoms with Gasteiger partial charge in [-0.1, -0.05) is 13.8 Å². The highest BCUT2D eigenvalue weighted by molar-refractivity contribution is 7.89. The molecular formula is C10H16ClN3O2S. The molecular weight excluding hydrogens is 262 g/mol. The van der Waals surface area contributed by atoms with Crippen LogP contribution in [-0.2, 0) is 17.1 Å². The molecule has 2 unspecified atom stereocenters. The molecule has 2 rings (SSSR count). The molecule has 7 heteroatoms. The fourth-order valence-electron chi connectivity index (χ4n) is 1.87. The minimum absolute atomic E-state index is 0.0177. The van der Waals surface area contributed by atoms with Crippen molar-refractivity contribution in [3.8, 4) is 0 Å². The van der Waals surface area contributed by atoms with Gasteiger partial charge >= 0.3 is 0 Å². The van der Waals surface area contributed by atoms with E-state index in [1.165, 1.54) is 17.1 Å². The van der Waals surface area contributed by atoms with Gasteiger partial charge in [0.15, 0.2) is 0 Å². The van der Waals surface area contributed by atoms with Gasteiger partial charge in [-0.25, -0.2) is 13.1 Å². The molecule has 1 fully saturated rings. The molecule has 0 spiro atoms. The average Bonchev–Trinajstić information content (AvgIpc) is 2.65. The topological polar surface area (TPSA) is 64.0 Å². The van der Waals surface area contributed by atoms with E-state index in [0.29, 0.717) is 6.42 Å². The van der Waals surface area contributed by atoms with E-state index in [9.17, 15) is 8.42 Å². The molecule has 0 aliphatic heterocycles. The summed E-state index contributed by atoms with van der Waals surface area (Å²) in [4.78, 5) is 0.189. The number of aromatic nitrogens is 2. The number of halogens is 1. The van der Waals surface area contributed by atoms with Crippen LogP contribution in [0.15, 0.2) is 17.3 Å². The van der Waals surface area contributed by atoms with Gasteiger partial charge in [-0.15, -0.1) is 11.6 Å². The minimum Gasteiger partial charge on any atom is -0.274 e. The zero-order chi connectivity index (χ0) is 12.8. The fourth-order valence-corrected chi connectivity index (χ4v) is 3.58. The van der Waals surface area contributed by atoms with Gasteiger partial charge in [0.1, 0.15) is 4.90 Å². The van der Waals surface area contributed by atoms with Gasteiger partial charge in [-0.2, -0.15) is 5.10 Å². The Bertz CT molecular complexity index is 523. The van der Waals surface area contributed by atoms with E-state index in [4.69, 9.17) is 11.6 Å². The number of nitrogens with zero attached hydrogens (tertiary/aromatic N) is 2. The molecule has 2 atom stereocenters. The van der Waals surface area contributed by atoms with Gasteiger partial charge in [0, 0.05) is 24.7 Å². The summed E-state index contributed by atoms with van der Waals surface area (Å²) >= 11 is 6.06. The van der Waals surface area contributed by atoms with E-state index >= 15 is 0 Å². The first kappa shape index (κ1) is 12.9. The Labute approximate surface area is 106 Å². The summed E-state index contributed by atoms with van der Waals surface area (Å²) < 4.78 is 28.2. The Hall–Kier alpha value is -0.590. The number of hydrogen-bond donors (Lipinski definition) is 1. The highest BCUT2D eigenvalue weighted by atomic mass is 35.5. The Morgan fingerprint density at radius 2 is 2.24 bits per heavy atom. The van der Waals surface area contributed by atoms with E-state index in [-0.39, 0.29) is 21.7 Å². The summed E-state index contributed by atoms with van der Waals surface area (Å²) in [5.74, 6) is 0. The lowest BCUT2D eigenvalue weighted by atomic mass is 9.67. The van der Waals surface area contributed by atoms with Gasteiger partial charge < -0.3 is 0 Å². The predicted molar refractivity (Wildman–Crippen MR) is 65.4 cm³/mol. The molecule has 1 saturated carbocycles. The lowest BCUT2D eigenvalue weighted by Gasteiger charge is -2.48. The monoisotopic (exact) mass is 277 g/mol. The van der Waals surface area contributed by atoms with Crippen molar-refractivity contribution in [2.75, 3.05) is 0 Å². The van der Waals surface area contributed by atoms with Crippen molar-refractivity contribution in [2.45, 2.75) is 36.6 Å². The molecule has 5 nitrogen and oxygen atoms in total. The van der Waals surface area contributed by atoms with Crippen molar-refractivity contribution in [1.29, 1.82) is 0 Å². The molecule has 0 radical (unpaired) electrons. The zero-order valence-electron chi connectivity index (χ0n) is 10.0. The van der Waals surface area contributed by atoms with E-state index in [2.05, 4.69) is 9.82 Å². The largest absolute Gasteiger partial charge is 0.274 e. The number of sulfonamides is 1. The van der Waals surface area contributed by atoms with E-state index in [0.717, 1.165) is 0 Å². The van der Waals surface area contributed by atoms with Gasteiger partial charge in [0.2, 0.25) is 10.0 Å².